The summed E-state index contributed by atoms with van der Waals surface area (Å²) in [6.45, 7) is 1.30. The molecular weight excluding hydrogens is 361 g/mol. The molecule has 118 valence electrons. The van der Waals surface area contributed by atoms with Crippen molar-refractivity contribution in [3.63, 3.8) is 0 Å². The van der Waals surface area contributed by atoms with Crippen LogP contribution < -0.4 is 5.73 Å². The van der Waals surface area contributed by atoms with Crippen molar-refractivity contribution in [1.29, 1.82) is 0 Å². The average molecular weight is 380 g/mol. The van der Waals surface area contributed by atoms with Gasteiger partial charge in [-0.15, -0.1) is 0 Å². The maximum atomic E-state index is 14.0. The van der Waals surface area contributed by atoms with Crippen LogP contribution in [0.15, 0.2) is 21.5 Å². The summed E-state index contributed by atoms with van der Waals surface area (Å²) in [6, 6.07) is 2.40. The second kappa shape index (κ2) is 6.20. The van der Waals surface area contributed by atoms with Gasteiger partial charge in [-0.25, -0.2) is 12.8 Å². The number of hydrogen-bond donors (Lipinski definition) is 1. The van der Waals surface area contributed by atoms with Crippen molar-refractivity contribution in [3.8, 4) is 0 Å². The summed E-state index contributed by atoms with van der Waals surface area (Å²) in [5.41, 5.74) is 5.86. The minimum Gasteiger partial charge on any atom is -0.398 e. The molecule has 8 heteroatoms. The van der Waals surface area contributed by atoms with Crippen LogP contribution in [0.2, 0.25) is 0 Å². The molecule has 2 rings (SSSR count). The van der Waals surface area contributed by atoms with Crippen LogP contribution >= 0.6 is 15.9 Å². The Labute approximate surface area is 133 Å². The minimum atomic E-state index is -3.89. The largest absolute Gasteiger partial charge is 0.398 e. The molecule has 0 saturated carbocycles. The van der Waals surface area contributed by atoms with E-state index < -0.39 is 15.8 Å². The van der Waals surface area contributed by atoms with Gasteiger partial charge in [0.25, 0.3) is 0 Å². The minimum absolute atomic E-state index is 0.167. The Bertz CT molecular complexity index is 639. The molecule has 0 spiro atoms. The quantitative estimate of drug-likeness (QED) is 0.811. The van der Waals surface area contributed by atoms with E-state index in [1.54, 1.807) is 0 Å². The SMILES string of the molecule is CN1CCCC1CN(C)S(=O)(=O)c1cc(N)c(Br)cc1F. The van der Waals surface area contributed by atoms with Gasteiger partial charge in [0.15, 0.2) is 0 Å². The van der Waals surface area contributed by atoms with Crippen LogP contribution in [0.5, 0.6) is 0 Å². The second-order valence-electron chi connectivity index (χ2n) is 5.37. The number of halogens is 2. The third-order valence-electron chi connectivity index (χ3n) is 3.88. The smallest absolute Gasteiger partial charge is 0.245 e. The van der Waals surface area contributed by atoms with Crippen molar-refractivity contribution in [1.82, 2.24) is 9.21 Å². The van der Waals surface area contributed by atoms with Crippen LogP contribution in [0, 0.1) is 5.82 Å². The van der Waals surface area contributed by atoms with E-state index in [2.05, 4.69) is 20.8 Å². The summed E-state index contributed by atoms with van der Waals surface area (Å²) in [5, 5.41) is 0. The molecule has 1 atom stereocenters. The Kier molecular flexibility index (Phi) is 4.92. The summed E-state index contributed by atoms with van der Waals surface area (Å²) in [4.78, 5) is 1.74. The van der Waals surface area contributed by atoms with Gasteiger partial charge in [-0.1, -0.05) is 0 Å². The number of sulfonamides is 1. The van der Waals surface area contributed by atoms with Crippen molar-refractivity contribution < 1.29 is 12.8 Å². The summed E-state index contributed by atoms with van der Waals surface area (Å²) >= 11 is 3.08. The van der Waals surface area contributed by atoms with Crippen molar-refractivity contribution in [3.05, 3.63) is 22.4 Å². The summed E-state index contributed by atoms with van der Waals surface area (Å²) < 4.78 is 40.5. The predicted octanol–water partition coefficient (Wildman–Crippen LogP) is 1.89. The molecule has 1 saturated heterocycles. The normalized spacial score (nSPS) is 20.3. The fourth-order valence-corrected chi connectivity index (χ4v) is 4.12. The van der Waals surface area contributed by atoms with Crippen molar-refractivity contribution in [2.75, 3.05) is 32.9 Å². The number of hydrogen-bond acceptors (Lipinski definition) is 4. The molecule has 1 heterocycles. The maximum Gasteiger partial charge on any atom is 0.245 e. The van der Waals surface area contributed by atoms with E-state index in [4.69, 9.17) is 5.73 Å². The van der Waals surface area contributed by atoms with E-state index >= 15 is 0 Å². The molecule has 1 fully saturated rings. The zero-order valence-electron chi connectivity index (χ0n) is 12.0. The first-order valence-electron chi connectivity index (χ1n) is 6.64. The number of likely N-dealkylation sites (N-methyl/N-ethyl adjacent to an activating group) is 2. The summed E-state index contributed by atoms with van der Waals surface area (Å²) in [6.07, 6.45) is 2.00. The molecule has 1 unspecified atom stereocenters. The van der Waals surface area contributed by atoms with Gasteiger partial charge in [0, 0.05) is 29.8 Å². The van der Waals surface area contributed by atoms with Gasteiger partial charge in [0.2, 0.25) is 10.0 Å². The second-order valence-corrected chi connectivity index (χ2v) is 8.23. The molecule has 21 heavy (non-hydrogen) atoms. The molecule has 0 aliphatic carbocycles. The lowest BCUT2D eigenvalue weighted by atomic mass is 10.2. The van der Waals surface area contributed by atoms with E-state index in [9.17, 15) is 12.8 Å². The highest BCUT2D eigenvalue weighted by atomic mass is 79.9. The zero-order chi connectivity index (χ0) is 15.8. The lowest BCUT2D eigenvalue weighted by molar-refractivity contribution is 0.270. The standard InChI is InChI=1S/C13H19BrFN3O2S/c1-17-5-3-4-9(17)8-18(2)21(19,20)13-7-12(16)10(14)6-11(13)15/h6-7,9H,3-5,8,16H2,1-2H3. The van der Waals surface area contributed by atoms with Crippen LogP contribution in [-0.4, -0.2) is 50.8 Å². The Balaban J connectivity index is 2.27. The van der Waals surface area contributed by atoms with Crippen LogP contribution in [0.25, 0.3) is 0 Å². The molecule has 1 aliphatic rings. The number of likely N-dealkylation sites (tertiary alicyclic amines) is 1. The molecule has 2 N–H and O–H groups in total. The average Bonchev–Trinajstić information content (AvgIpc) is 2.79. The van der Waals surface area contributed by atoms with Gasteiger partial charge in [-0.2, -0.15) is 4.31 Å². The van der Waals surface area contributed by atoms with Gasteiger partial charge in [0.05, 0.1) is 0 Å². The maximum absolute atomic E-state index is 14.0. The first kappa shape index (κ1) is 16.7. The number of benzene rings is 1. The monoisotopic (exact) mass is 379 g/mol. The Morgan fingerprint density at radius 2 is 2.19 bits per heavy atom. The summed E-state index contributed by atoms with van der Waals surface area (Å²) in [7, 11) is -0.449. The van der Waals surface area contributed by atoms with E-state index in [1.165, 1.54) is 11.4 Å². The molecule has 0 amide bonds. The molecule has 0 bridgehead atoms. The van der Waals surface area contributed by atoms with Crippen molar-refractivity contribution in [2.24, 2.45) is 0 Å². The van der Waals surface area contributed by atoms with Gasteiger partial charge in [0.1, 0.15) is 10.7 Å². The Hall–Kier alpha value is -0.700. The first-order chi connectivity index (χ1) is 9.73. The number of rotatable bonds is 4. The molecule has 1 aromatic carbocycles. The fraction of sp³-hybridized carbons (Fsp3) is 0.538. The molecule has 0 aromatic heterocycles. The van der Waals surface area contributed by atoms with E-state index in [0.717, 1.165) is 31.5 Å². The summed E-state index contributed by atoms with van der Waals surface area (Å²) in [5.74, 6) is -0.803. The van der Waals surface area contributed by atoms with Crippen molar-refractivity contribution in [2.45, 2.75) is 23.8 Å². The van der Waals surface area contributed by atoms with Crippen LogP contribution in [-0.2, 0) is 10.0 Å². The molecular formula is C13H19BrFN3O2S. The van der Waals surface area contributed by atoms with E-state index in [1.807, 2.05) is 7.05 Å². The van der Waals surface area contributed by atoms with Gasteiger partial charge in [-0.3, -0.25) is 0 Å². The topological polar surface area (TPSA) is 66.6 Å². The highest BCUT2D eigenvalue weighted by Gasteiger charge is 2.30. The lowest BCUT2D eigenvalue weighted by Gasteiger charge is -2.25. The van der Waals surface area contributed by atoms with Gasteiger partial charge in [-0.05, 0) is 54.5 Å². The molecule has 5 nitrogen and oxygen atoms in total. The van der Waals surface area contributed by atoms with Gasteiger partial charge >= 0.3 is 0 Å². The first-order valence-corrected chi connectivity index (χ1v) is 8.88. The highest BCUT2D eigenvalue weighted by Crippen LogP contribution is 2.28. The lowest BCUT2D eigenvalue weighted by Crippen LogP contribution is -2.39. The predicted molar refractivity (Wildman–Crippen MR) is 84.0 cm³/mol. The molecule has 1 aromatic rings. The van der Waals surface area contributed by atoms with Crippen LogP contribution in [0.3, 0.4) is 0 Å². The third kappa shape index (κ3) is 3.39. The Morgan fingerprint density at radius 1 is 1.52 bits per heavy atom. The zero-order valence-corrected chi connectivity index (χ0v) is 14.4. The Morgan fingerprint density at radius 3 is 2.76 bits per heavy atom. The van der Waals surface area contributed by atoms with E-state index in [0.29, 0.717) is 11.0 Å². The number of nitrogens with two attached hydrogens (primary N) is 1. The number of nitrogens with zero attached hydrogens (tertiary/aromatic N) is 2. The van der Waals surface area contributed by atoms with Gasteiger partial charge < -0.3 is 10.6 Å². The highest BCUT2D eigenvalue weighted by molar-refractivity contribution is 9.10. The van der Waals surface area contributed by atoms with Crippen LogP contribution in [0.4, 0.5) is 10.1 Å². The number of nitrogen functional groups attached to an aromatic ring is 1. The third-order valence-corrected chi connectivity index (χ3v) is 6.40. The molecule has 0 radical (unpaired) electrons. The fourth-order valence-electron chi connectivity index (χ4n) is 2.52. The van der Waals surface area contributed by atoms with E-state index in [-0.39, 0.29) is 16.6 Å². The molecule has 1 aliphatic heterocycles. The van der Waals surface area contributed by atoms with Crippen LogP contribution in [0.1, 0.15) is 12.8 Å². The number of anilines is 1. The van der Waals surface area contributed by atoms with Crippen molar-refractivity contribution >= 4 is 31.6 Å².